The molecule has 1 atom stereocenters. The van der Waals surface area contributed by atoms with Gasteiger partial charge in [0.1, 0.15) is 0 Å². The van der Waals surface area contributed by atoms with Crippen molar-refractivity contribution in [2.75, 3.05) is 26.7 Å². The van der Waals surface area contributed by atoms with Crippen molar-refractivity contribution in [1.29, 1.82) is 0 Å². The fourth-order valence-electron chi connectivity index (χ4n) is 4.14. The van der Waals surface area contributed by atoms with Gasteiger partial charge in [0, 0.05) is 60.1 Å². The summed E-state index contributed by atoms with van der Waals surface area (Å²) in [6.45, 7) is 6.37. The second-order valence-electron chi connectivity index (χ2n) is 7.83. The number of nitrogens with zero attached hydrogens (tertiary/aromatic N) is 5. The molecule has 0 saturated carbocycles. The molecule has 0 amide bonds. The number of aromatic nitrogens is 3. The first-order chi connectivity index (χ1) is 14.2. The van der Waals surface area contributed by atoms with E-state index in [9.17, 15) is 0 Å². The molecule has 1 aliphatic heterocycles. The van der Waals surface area contributed by atoms with Gasteiger partial charge >= 0.3 is 0 Å². The number of hydrogen-bond acceptors (Lipinski definition) is 5. The summed E-state index contributed by atoms with van der Waals surface area (Å²) in [4.78, 5) is 16.9. The zero-order chi connectivity index (χ0) is 19.8. The van der Waals surface area contributed by atoms with Gasteiger partial charge in [-0.3, -0.25) is 14.8 Å². The summed E-state index contributed by atoms with van der Waals surface area (Å²) in [5.41, 5.74) is 4.62. The second-order valence-corrected chi connectivity index (χ2v) is 9.20. The van der Waals surface area contributed by atoms with Crippen LogP contribution in [-0.2, 0) is 6.54 Å². The van der Waals surface area contributed by atoms with Gasteiger partial charge in [0.15, 0.2) is 0 Å². The maximum Gasteiger partial charge on any atom is 0.0996 e. The minimum Gasteiger partial charge on any atom is -0.305 e. The number of rotatable bonds is 4. The highest BCUT2D eigenvalue weighted by Gasteiger charge is 2.28. The summed E-state index contributed by atoms with van der Waals surface area (Å²) >= 11 is 1.90. The van der Waals surface area contributed by atoms with Crippen LogP contribution < -0.4 is 0 Å². The number of thiophene rings is 1. The third-order valence-corrected chi connectivity index (χ3v) is 6.76. The van der Waals surface area contributed by atoms with Gasteiger partial charge in [0.05, 0.1) is 23.6 Å². The Labute approximate surface area is 175 Å². The SMILES string of the molecule is Cc1ccc(CN2CCN(C)[C@@H](c3ncn4cc(-c5cccnc5)ccc34)C2)s1. The summed E-state index contributed by atoms with van der Waals surface area (Å²) in [5.74, 6) is 0. The van der Waals surface area contributed by atoms with E-state index in [0.717, 1.165) is 43.0 Å². The van der Waals surface area contributed by atoms with Crippen molar-refractivity contribution >= 4 is 16.9 Å². The molecule has 4 aromatic heterocycles. The van der Waals surface area contributed by atoms with Crippen LogP contribution in [0.1, 0.15) is 21.5 Å². The van der Waals surface area contributed by atoms with Crippen LogP contribution in [0.15, 0.2) is 61.3 Å². The number of fused-ring (bicyclic) bond motifs is 1. The topological polar surface area (TPSA) is 36.7 Å². The molecule has 0 spiro atoms. The monoisotopic (exact) mass is 403 g/mol. The van der Waals surface area contributed by atoms with Crippen LogP contribution in [0.25, 0.3) is 16.6 Å². The molecule has 0 radical (unpaired) electrons. The molecule has 0 aromatic carbocycles. The molecule has 0 N–H and O–H groups in total. The first kappa shape index (κ1) is 18.5. The smallest absolute Gasteiger partial charge is 0.0996 e. The molecule has 1 aliphatic rings. The van der Waals surface area contributed by atoms with E-state index in [4.69, 9.17) is 4.98 Å². The summed E-state index contributed by atoms with van der Waals surface area (Å²) in [5, 5.41) is 0. The highest BCUT2D eigenvalue weighted by Crippen LogP contribution is 2.29. The first-order valence-electron chi connectivity index (χ1n) is 10.0. The van der Waals surface area contributed by atoms with Crippen LogP contribution in [0.5, 0.6) is 0 Å². The van der Waals surface area contributed by atoms with Crippen molar-refractivity contribution < 1.29 is 0 Å². The zero-order valence-corrected chi connectivity index (χ0v) is 17.6. The average Bonchev–Trinajstić information content (AvgIpc) is 3.35. The Hall–Kier alpha value is -2.54. The molecule has 0 bridgehead atoms. The van der Waals surface area contributed by atoms with Gasteiger partial charge in [-0.1, -0.05) is 12.1 Å². The fraction of sp³-hybridized carbons (Fsp3) is 0.304. The lowest BCUT2D eigenvalue weighted by atomic mass is 10.1. The Morgan fingerprint density at radius 3 is 2.83 bits per heavy atom. The Bertz CT molecular complexity index is 1120. The number of likely N-dealkylation sites (N-methyl/N-ethyl adjacent to an activating group) is 1. The van der Waals surface area contributed by atoms with Gasteiger partial charge < -0.3 is 4.40 Å². The van der Waals surface area contributed by atoms with Crippen molar-refractivity contribution in [3.05, 3.63) is 76.8 Å². The molecular weight excluding hydrogens is 378 g/mol. The lowest BCUT2D eigenvalue weighted by Gasteiger charge is -2.38. The van der Waals surface area contributed by atoms with Crippen LogP contribution in [0.2, 0.25) is 0 Å². The Morgan fingerprint density at radius 2 is 2.03 bits per heavy atom. The van der Waals surface area contributed by atoms with E-state index in [1.807, 2.05) is 29.9 Å². The van der Waals surface area contributed by atoms with Crippen molar-refractivity contribution in [3.8, 4) is 11.1 Å². The highest BCUT2D eigenvalue weighted by molar-refractivity contribution is 7.11. The molecule has 5 rings (SSSR count). The summed E-state index contributed by atoms with van der Waals surface area (Å²) < 4.78 is 2.15. The largest absolute Gasteiger partial charge is 0.305 e. The molecule has 1 saturated heterocycles. The Balaban J connectivity index is 1.41. The molecular formula is C23H25N5S. The first-order valence-corrected chi connectivity index (χ1v) is 10.8. The van der Waals surface area contributed by atoms with Crippen LogP contribution >= 0.6 is 11.3 Å². The molecule has 29 heavy (non-hydrogen) atoms. The zero-order valence-electron chi connectivity index (χ0n) is 16.8. The van der Waals surface area contributed by atoms with Crippen molar-refractivity contribution in [1.82, 2.24) is 24.2 Å². The van der Waals surface area contributed by atoms with E-state index in [2.05, 4.69) is 69.7 Å². The minimum atomic E-state index is 0.305. The third-order valence-electron chi connectivity index (χ3n) is 5.78. The predicted octanol–water partition coefficient (Wildman–Crippen LogP) is 4.25. The van der Waals surface area contributed by atoms with E-state index < -0.39 is 0 Å². The van der Waals surface area contributed by atoms with E-state index in [1.54, 1.807) is 6.20 Å². The lowest BCUT2D eigenvalue weighted by molar-refractivity contribution is 0.0899. The standard InChI is InChI=1S/C23H25N5S/c1-17-5-7-20(29-17)14-27-11-10-26(2)22(15-27)23-21-8-6-19(13-28(21)16-25-23)18-4-3-9-24-12-18/h3-9,12-13,16,22H,10-11,14-15H2,1-2H3/t22-/m1/s1. The van der Waals surface area contributed by atoms with Gasteiger partial charge in [-0.25, -0.2) is 4.98 Å². The van der Waals surface area contributed by atoms with Crippen molar-refractivity contribution in [3.63, 3.8) is 0 Å². The maximum absolute atomic E-state index is 4.83. The Morgan fingerprint density at radius 1 is 1.10 bits per heavy atom. The summed E-state index contributed by atoms with van der Waals surface area (Å²) in [7, 11) is 2.21. The number of imidazole rings is 1. The van der Waals surface area contributed by atoms with Gasteiger partial charge in [0.25, 0.3) is 0 Å². The molecule has 5 nitrogen and oxygen atoms in total. The normalized spacial score (nSPS) is 18.5. The van der Waals surface area contributed by atoms with E-state index in [1.165, 1.54) is 15.3 Å². The number of aryl methyl sites for hydroxylation is 1. The van der Waals surface area contributed by atoms with Crippen LogP contribution in [-0.4, -0.2) is 50.9 Å². The highest BCUT2D eigenvalue weighted by atomic mass is 32.1. The summed E-state index contributed by atoms with van der Waals surface area (Å²) in [6, 6.07) is 13.2. The summed E-state index contributed by atoms with van der Waals surface area (Å²) in [6.07, 6.45) is 7.80. The number of hydrogen-bond donors (Lipinski definition) is 0. The molecule has 0 unspecified atom stereocenters. The predicted molar refractivity (Wildman–Crippen MR) is 118 cm³/mol. The van der Waals surface area contributed by atoms with E-state index in [0.29, 0.717) is 6.04 Å². The van der Waals surface area contributed by atoms with Crippen molar-refractivity contribution in [2.24, 2.45) is 0 Å². The number of pyridine rings is 2. The molecule has 5 heterocycles. The van der Waals surface area contributed by atoms with E-state index >= 15 is 0 Å². The lowest BCUT2D eigenvalue weighted by Crippen LogP contribution is -2.46. The number of piperazine rings is 1. The Kier molecular flexibility index (Phi) is 4.91. The van der Waals surface area contributed by atoms with Crippen molar-refractivity contribution in [2.45, 2.75) is 19.5 Å². The second kappa shape index (κ2) is 7.71. The molecule has 6 heteroatoms. The van der Waals surface area contributed by atoms with Crippen LogP contribution in [0.4, 0.5) is 0 Å². The van der Waals surface area contributed by atoms with Crippen LogP contribution in [0, 0.1) is 6.92 Å². The molecule has 4 aromatic rings. The minimum absolute atomic E-state index is 0.305. The third kappa shape index (κ3) is 3.71. The maximum atomic E-state index is 4.83. The quantitative estimate of drug-likeness (QED) is 0.510. The van der Waals surface area contributed by atoms with Gasteiger partial charge in [-0.2, -0.15) is 0 Å². The van der Waals surface area contributed by atoms with E-state index in [-0.39, 0.29) is 0 Å². The molecule has 148 valence electrons. The van der Waals surface area contributed by atoms with Gasteiger partial charge in [0.2, 0.25) is 0 Å². The fourth-order valence-corrected chi connectivity index (χ4v) is 5.07. The van der Waals surface area contributed by atoms with Gasteiger partial charge in [-0.15, -0.1) is 11.3 Å². The molecule has 0 aliphatic carbocycles. The van der Waals surface area contributed by atoms with Crippen LogP contribution in [0.3, 0.4) is 0 Å². The van der Waals surface area contributed by atoms with Gasteiger partial charge in [-0.05, 0) is 43.8 Å². The average molecular weight is 404 g/mol. The molecule has 1 fully saturated rings.